The van der Waals surface area contributed by atoms with Gasteiger partial charge in [-0.3, -0.25) is 0 Å². The topological polar surface area (TPSA) is 65.0 Å². The molecule has 0 atom stereocenters. The third-order valence-electron chi connectivity index (χ3n) is 3.04. The summed E-state index contributed by atoms with van der Waals surface area (Å²) in [6, 6.07) is 14.7. The van der Waals surface area contributed by atoms with Gasteiger partial charge in [0.05, 0.1) is 6.61 Å². The molecule has 24 heavy (non-hydrogen) atoms. The van der Waals surface area contributed by atoms with Crippen molar-refractivity contribution in [2.75, 3.05) is 0 Å². The van der Waals surface area contributed by atoms with Crippen molar-refractivity contribution >= 4 is 6.16 Å². The van der Waals surface area contributed by atoms with E-state index in [4.69, 9.17) is 14.2 Å². The quantitative estimate of drug-likeness (QED) is 0.661. The SMILES string of the molecule is CC(C)(C)OC(=O)Oc1cc(OCc2ccccc2)ccc1CO. The van der Waals surface area contributed by atoms with Gasteiger partial charge in [-0.05, 0) is 38.5 Å². The lowest BCUT2D eigenvalue weighted by Gasteiger charge is -2.19. The van der Waals surface area contributed by atoms with E-state index in [1.165, 1.54) is 0 Å². The third kappa shape index (κ3) is 5.59. The fourth-order valence-corrected chi connectivity index (χ4v) is 1.95. The van der Waals surface area contributed by atoms with E-state index in [9.17, 15) is 9.90 Å². The van der Waals surface area contributed by atoms with Crippen LogP contribution in [0.4, 0.5) is 4.79 Å². The van der Waals surface area contributed by atoms with Gasteiger partial charge in [0.2, 0.25) is 0 Å². The zero-order valence-corrected chi connectivity index (χ0v) is 14.1. The summed E-state index contributed by atoms with van der Waals surface area (Å²) in [6.45, 7) is 5.39. The molecule has 0 aromatic heterocycles. The Hall–Kier alpha value is -2.53. The molecule has 5 heteroatoms. The number of benzene rings is 2. The van der Waals surface area contributed by atoms with Crippen molar-refractivity contribution in [1.82, 2.24) is 0 Å². The Balaban J connectivity index is 2.08. The van der Waals surface area contributed by atoms with E-state index in [-0.39, 0.29) is 12.4 Å². The number of hydrogen-bond donors (Lipinski definition) is 1. The molecule has 2 aromatic rings. The van der Waals surface area contributed by atoms with Gasteiger partial charge >= 0.3 is 6.16 Å². The van der Waals surface area contributed by atoms with Crippen molar-refractivity contribution in [3.63, 3.8) is 0 Å². The number of rotatable bonds is 5. The van der Waals surface area contributed by atoms with Crippen molar-refractivity contribution in [3.05, 3.63) is 59.7 Å². The summed E-state index contributed by atoms with van der Waals surface area (Å²) in [5.41, 5.74) is 0.851. The Morgan fingerprint density at radius 2 is 1.79 bits per heavy atom. The van der Waals surface area contributed by atoms with E-state index in [0.717, 1.165) is 5.56 Å². The van der Waals surface area contributed by atoms with Gasteiger partial charge in [-0.2, -0.15) is 0 Å². The first-order valence-electron chi connectivity index (χ1n) is 7.69. The van der Waals surface area contributed by atoms with Gasteiger partial charge in [0, 0.05) is 11.6 Å². The lowest BCUT2D eigenvalue weighted by atomic mass is 10.2. The summed E-state index contributed by atoms with van der Waals surface area (Å²) in [7, 11) is 0. The molecule has 2 rings (SSSR count). The fraction of sp³-hybridized carbons (Fsp3) is 0.316. The monoisotopic (exact) mass is 330 g/mol. The molecule has 2 aromatic carbocycles. The molecule has 0 unspecified atom stereocenters. The van der Waals surface area contributed by atoms with Gasteiger partial charge in [-0.1, -0.05) is 30.3 Å². The van der Waals surface area contributed by atoms with Crippen LogP contribution in [0.5, 0.6) is 11.5 Å². The summed E-state index contributed by atoms with van der Waals surface area (Å²) in [4.78, 5) is 11.8. The standard InChI is InChI=1S/C19H22O5/c1-19(2,3)24-18(21)23-17-11-16(10-9-15(17)12-20)22-13-14-7-5-4-6-8-14/h4-11,20H,12-13H2,1-3H3. The van der Waals surface area contributed by atoms with Crippen molar-refractivity contribution in [2.24, 2.45) is 0 Å². The number of hydrogen-bond acceptors (Lipinski definition) is 5. The number of aliphatic hydroxyl groups is 1. The maximum Gasteiger partial charge on any atom is 0.514 e. The van der Waals surface area contributed by atoms with E-state index < -0.39 is 11.8 Å². The number of carbonyl (C=O) groups excluding carboxylic acids is 1. The minimum Gasteiger partial charge on any atom is -0.489 e. The van der Waals surface area contributed by atoms with Crippen LogP contribution in [0.25, 0.3) is 0 Å². The molecular formula is C19H22O5. The van der Waals surface area contributed by atoms with Gasteiger partial charge in [0.25, 0.3) is 0 Å². The molecule has 0 bridgehead atoms. The molecule has 0 saturated heterocycles. The van der Waals surface area contributed by atoms with Crippen LogP contribution in [0.15, 0.2) is 48.5 Å². The first-order chi connectivity index (χ1) is 11.4. The second kappa shape index (κ2) is 7.84. The van der Waals surface area contributed by atoms with Crippen molar-refractivity contribution < 1.29 is 24.1 Å². The van der Waals surface area contributed by atoms with E-state index in [1.807, 2.05) is 30.3 Å². The molecule has 128 valence electrons. The van der Waals surface area contributed by atoms with Crippen molar-refractivity contribution in [2.45, 2.75) is 39.6 Å². The molecule has 0 amide bonds. The summed E-state index contributed by atoms with van der Waals surface area (Å²) < 4.78 is 16.0. The molecule has 0 saturated carbocycles. The predicted octanol–water partition coefficient (Wildman–Crippen LogP) is 4.07. The van der Waals surface area contributed by atoms with Crippen LogP contribution in [-0.2, 0) is 18.0 Å². The number of aliphatic hydroxyl groups excluding tert-OH is 1. The zero-order valence-electron chi connectivity index (χ0n) is 14.1. The molecule has 5 nitrogen and oxygen atoms in total. The van der Waals surface area contributed by atoms with Crippen LogP contribution in [0.1, 0.15) is 31.9 Å². The Morgan fingerprint density at radius 3 is 2.42 bits per heavy atom. The molecule has 0 aliphatic carbocycles. The highest BCUT2D eigenvalue weighted by Gasteiger charge is 2.19. The summed E-state index contributed by atoms with van der Waals surface area (Å²) >= 11 is 0. The van der Waals surface area contributed by atoms with Gasteiger partial charge in [0.15, 0.2) is 0 Å². The molecular weight excluding hydrogens is 308 g/mol. The Kier molecular flexibility index (Phi) is 5.82. The minimum atomic E-state index is -0.822. The lowest BCUT2D eigenvalue weighted by molar-refractivity contribution is 0.0202. The average Bonchev–Trinajstić information content (AvgIpc) is 2.52. The molecule has 0 spiro atoms. The Bertz CT molecular complexity index is 674. The first-order valence-corrected chi connectivity index (χ1v) is 7.69. The van der Waals surface area contributed by atoms with Crippen LogP contribution >= 0.6 is 0 Å². The van der Waals surface area contributed by atoms with Crippen molar-refractivity contribution in [1.29, 1.82) is 0 Å². The average molecular weight is 330 g/mol. The van der Waals surface area contributed by atoms with Crippen LogP contribution in [0.2, 0.25) is 0 Å². The largest absolute Gasteiger partial charge is 0.514 e. The zero-order chi connectivity index (χ0) is 17.6. The highest BCUT2D eigenvalue weighted by atomic mass is 16.7. The van der Waals surface area contributed by atoms with Crippen LogP contribution in [0.3, 0.4) is 0 Å². The molecule has 0 heterocycles. The first kappa shape index (κ1) is 17.8. The highest BCUT2D eigenvalue weighted by molar-refractivity contribution is 5.65. The van der Waals surface area contributed by atoms with E-state index in [2.05, 4.69) is 0 Å². The second-order valence-corrected chi connectivity index (χ2v) is 6.27. The molecule has 0 radical (unpaired) electrons. The summed E-state index contributed by atoms with van der Waals surface area (Å²) in [6.07, 6.45) is -0.822. The smallest absolute Gasteiger partial charge is 0.489 e. The molecule has 1 N–H and O–H groups in total. The maximum atomic E-state index is 11.8. The highest BCUT2D eigenvalue weighted by Crippen LogP contribution is 2.26. The lowest BCUT2D eigenvalue weighted by Crippen LogP contribution is -2.26. The van der Waals surface area contributed by atoms with E-state index >= 15 is 0 Å². The van der Waals surface area contributed by atoms with Gasteiger partial charge < -0.3 is 19.3 Å². The van der Waals surface area contributed by atoms with E-state index in [1.54, 1.807) is 39.0 Å². The number of carbonyl (C=O) groups is 1. The molecule has 0 fully saturated rings. The Labute approximate surface area is 141 Å². The summed E-state index contributed by atoms with van der Waals surface area (Å²) in [5.74, 6) is 0.756. The Morgan fingerprint density at radius 1 is 1.08 bits per heavy atom. The van der Waals surface area contributed by atoms with Crippen LogP contribution in [0, 0.1) is 0 Å². The summed E-state index contributed by atoms with van der Waals surface area (Å²) in [5, 5.41) is 9.39. The minimum absolute atomic E-state index is 0.220. The van der Waals surface area contributed by atoms with Crippen LogP contribution < -0.4 is 9.47 Å². The van der Waals surface area contributed by atoms with Crippen LogP contribution in [-0.4, -0.2) is 16.9 Å². The number of ether oxygens (including phenoxy) is 3. The third-order valence-corrected chi connectivity index (χ3v) is 3.04. The van der Waals surface area contributed by atoms with E-state index in [0.29, 0.717) is 17.9 Å². The fourth-order valence-electron chi connectivity index (χ4n) is 1.95. The normalized spacial score (nSPS) is 11.0. The molecule has 0 aliphatic rings. The van der Waals surface area contributed by atoms with Gasteiger partial charge in [-0.25, -0.2) is 4.79 Å². The second-order valence-electron chi connectivity index (χ2n) is 6.27. The van der Waals surface area contributed by atoms with Gasteiger partial charge in [0.1, 0.15) is 23.7 Å². The molecule has 0 aliphatic heterocycles. The predicted molar refractivity (Wildman–Crippen MR) is 90.0 cm³/mol. The van der Waals surface area contributed by atoms with Crippen molar-refractivity contribution in [3.8, 4) is 11.5 Å². The maximum absolute atomic E-state index is 11.8. The van der Waals surface area contributed by atoms with Gasteiger partial charge in [-0.15, -0.1) is 0 Å².